The summed E-state index contributed by atoms with van der Waals surface area (Å²) in [6.07, 6.45) is -6.40. The Labute approximate surface area is 79.0 Å². The maximum Gasteiger partial charge on any atom is 1.00 e. The van der Waals surface area contributed by atoms with Gasteiger partial charge in [0.25, 0.3) is 0 Å². The van der Waals surface area contributed by atoms with E-state index in [1.54, 1.807) is 0 Å². The summed E-state index contributed by atoms with van der Waals surface area (Å²) in [5.41, 5.74) is 0. The molecule has 0 aliphatic carbocycles. The van der Waals surface area contributed by atoms with Gasteiger partial charge in [-0.05, 0) is 0 Å². The Balaban J connectivity index is 0. The number of hydrogen-bond donors (Lipinski definition) is 0. The first-order chi connectivity index (χ1) is 3.92. The average molecular weight is 183 g/mol. The minimum atomic E-state index is -4.35. The molecule has 0 aliphatic rings. The fourth-order valence-corrected chi connectivity index (χ4v) is 0.654. The Kier molecular flexibility index (Phi) is 7.38. The van der Waals surface area contributed by atoms with E-state index in [4.69, 9.17) is 0 Å². The van der Waals surface area contributed by atoms with Crippen molar-refractivity contribution in [3.63, 3.8) is 0 Å². The first-order valence-corrected chi connectivity index (χ1v) is 3.46. The summed E-state index contributed by atoms with van der Waals surface area (Å²) in [6, 6.07) is 0. The smallest absolute Gasteiger partial charge is 0.596 e. The van der Waals surface area contributed by atoms with Crippen molar-refractivity contribution >= 4 is 8.03 Å². The third kappa shape index (κ3) is 11.6. The third-order valence-electron chi connectivity index (χ3n) is 0.578. The molecule has 0 rings (SSSR count). The molecule has 0 bridgehead atoms. The molecule has 0 aliphatic heterocycles. The van der Waals surface area contributed by atoms with Gasteiger partial charge in [-0.15, -0.1) is 0 Å². The van der Waals surface area contributed by atoms with Gasteiger partial charge in [-0.3, -0.25) is 0 Å². The average Bonchev–Trinajstić information content (AvgIpc) is 1.59. The summed E-state index contributed by atoms with van der Waals surface area (Å²) >= 11 is 0. The summed E-state index contributed by atoms with van der Waals surface area (Å²) < 4.78 is 43.0. The van der Waals surface area contributed by atoms with Crippen molar-refractivity contribution in [1.29, 1.82) is 0 Å². The van der Waals surface area contributed by atoms with E-state index in [0.717, 1.165) is 0 Å². The SMILES string of the molecule is O=[P+]([O-])CCC(F)(F)F.[Na+]. The Morgan fingerprint density at radius 3 is 1.90 bits per heavy atom. The Hall–Kier alpha value is 0.850. The fraction of sp³-hybridized carbons (Fsp3) is 1.00. The van der Waals surface area contributed by atoms with Crippen LogP contribution in [0.5, 0.6) is 0 Å². The van der Waals surface area contributed by atoms with E-state index in [1.165, 1.54) is 0 Å². The molecule has 0 spiro atoms. The Morgan fingerprint density at radius 1 is 1.40 bits per heavy atom. The van der Waals surface area contributed by atoms with Gasteiger partial charge < -0.3 is 4.89 Å². The van der Waals surface area contributed by atoms with Gasteiger partial charge in [-0.25, -0.2) is 0 Å². The standard InChI is InChI=1S/C3H4F3O2P.Na/c4-3(5,6)1-2-9(7)8;/h1-2H2;/q;+1. The van der Waals surface area contributed by atoms with Crippen LogP contribution in [0.15, 0.2) is 0 Å². The van der Waals surface area contributed by atoms with Gasteiger partial charge in [-0.1, -0.05) is 4.57 Å². The molecule has 2 nitrogen and oxygen atoms in total. The second kappa shape index (κ2) is 5.49. The van der Waals surface area contributed by atoms with E-state index in [9.17, 15) is 22.6 Å². The van der Waals surface area contributed by atoms with Crippen molar-refractivity contribution in [2.75, 3.05) is 6.16 Å². The van der Waals surface area contributed by atoms with Crippen LogP contribution >= 0.6 is 8.03 Å². The van der Waals surface area contributed by atoms with Crippen LogP contribution in [0, 0.1) is 0 Å². The second-order valence-corrected chi connectivity index (χ2v) is 2.53. The summed E-state index contributed by atoms with van der Waals surface area (Å²) in [7, 11) is -2.88. The summed E-state index contributed by atoms with van der Waals surface area (Å²) in [4.78, 5) is 9.58. The van der Waals surface area contributed by atoms with E-state index >= 15 is 0 Å². The van der Waals surface area contributed by atoms with Crippen molar-refractivity contribution in [1.82, 2.24) is 0 Å². The van der Waals surface area contributed by atoms with Crippen LogP contribution in [0.2, 0.25) is 0 Å². The quantitative estimate of drug-likeness (QED) is 0.368. The van der Waals surface area contributed by atoms with Crippen molar-refractivity contribution < 1.29 is 52.2 Å². The minimum absolute atomic E-state index is 0. The third-order valence-corrected chi connectivity index (χ3v) is 1.17. The fourth-order valence-electron chi connectivity index (χ4n) is 0.218. The molecule has 10 heavy (non-hydrogen) atoms. The maximum atomic E-state index is 11.1. The number of alkyl halides is 3. The molecule has 0 fully saturated rings. The molecule has 0 radical (unpaired) electrons. The molecule has 7 heteroatoms. The van der Waals surface area contributed by atoms with Crippen LogP contribution < -0.4 is 34.5 Å². The molecule has 1 atom stereocenters. The largest absolute Gasteiger partial charge is 1.00 e. The molecule has 54 valence electrons. The normalized spacial score (nSPS) is 12.2. The topological polar surface area (TPSA) is 40.1 Å². The molecule has 0 aromatic rings. The van der Waals surface area contributed by atoms with Crippen molar-refractivity contribution in [2.45, 2.75) is 12.6 Å². The summed E-state index contributed by atoms with van der Waals surface area (Å²) in [5, 5.41) is 0. The molecule has 0 heterocycles. The zero-order valence-corrected chi connectivity index (χ0v) is 8.21. The van der Waals surface area contributed by atoms with E-state index in [0.29, 0.717) is 0 Å². The summed E-state index contributed by atoms with van der Waals surface area (Å²) in [5.74, 6) is 0. The molecule has 0 saturated heterocycles. The summed E-state index contributed by atoms with van der Waals surface area (Å²) in [6.45, 7) is 0. The van der Waals surface area contributed by atoms with E-state index in [1.807, 2.05) is 0 Å². The van der Waals surface area contributed by atoms with E-state index < -0.39 is 26.8 Å². The monoisotopic (exact) mass is 183 g/mol. The van der Waals surface area contributed by atoms with Crippen LogP contribution in [0.3, 0.4) is 0 Å². The number of hydrogen-bond acceptors (Lipinski definition) is 2. The van der Waals surface area contributed by atoms with E-state index in [2.05, 4.69) is 0 Å². The van der Waals surface area contributed by atoms with Gasteiger partial charge in [0, 0.05) is 0 Å². The van der Waals surface area contributed by atoms with Crippen molar-refractivity contribution in [3.05, 3.63) is 0 Å². The second-order valence-electron chi connectivity index (χ2n) is 1.42. The van der Waals surface area contributed by atoms with E-state index in [-0.39, 0.29) is 29.6 Å². The minimum Gasteiger partial charge on any atom is -0.596 e. The Morgan fingerprint density at radius 2 is 1.80 bits per heavy atom. The Bertz CT molecular complexity index is 115. The van der Waals surface area contributed by atoms with Crippen molar-refractivity contribution in [3.8, 4) is 0 Å². The van der Waals surface area contributed by atoms with Gasteiger partial charge >= 0.3 is 43.8 Å². The molecular weight excluding hydrogens is 179 g/mol. The molecule has 0 aromatic carbocycles. The van der Waals surface area contributed by atoms with Gasteiger partial charge in [0.1, 0.15) is 0 Å². The van der Waals surface area contributed by atoms with Crippen LogP contribution in [0.1, 0.15) is 6.42 Å². The number of halogens is 3. The zero-order chi connectivity index (χ0) is 7.49. The molecule has 1 unspecified atom stereocenters. The first kappa shape index (κ1) is 13.4. The molecule has 0 amide bonds. The maximum absolute atomic E-state index is 11.1. The molecule has 0 aromatic heterocycles. The predicted octanol–water partition coefficient (Wildman–Crippen LogP) is -1.95. The zero-order valence-electron chi connectivity index (χ0n) is 5.31. The van der Waals surface area contributed by atoms with Crippen LogP contribution in [-0.4, -0.2) is 12.3 Å². The van der Waals surface area contributed by atoms with Crippen LogP contribution in [-0.2, 0) is 4.57 Å². The number of rotatable bonds is 2. The molecular formula is C3H4F3NaO2P+. The van der Waals surface area contributed by atoms with Crippen LogP contribution in [0.25, 0.3) is 0 Å². The van der Waals surface area contributed by atoms with Crippen LogP contribution in [0.4, 0.5) is 13.2 Å². The van der Waals surface area contributed by atoms with Gasteiger partial charge in [0.15, 0.2) is 6.16 Å². The molecule has 0 N–H and O–H groups in total. The van der Waals surface area contributed by atoms with Gasteiger partial charge in [0.2, 0.25) is 0 Å². The van der Waals surface area contributed by atoms with Gasteiger partial charge in [-0.2, -0.15) is 13.2 Å². The van der Waals surface area contributed by atoms with Gasteiger partial charge in [0.05, 0.1) is 6.42 Å². The first-order valence-electron chi connectivity index (χ1n) is 2.10. The van der Waals surface area contributed by atoms with Crippen molar-refractivity contribution in [2.24, 2.45) is 0 Å². The molecule has 0 saturated carbocycles. The predicted molar refractivity (Wildman–Crippen MR) is 23.1 cm³/mol.